The van der Waals surface area contributed by atoms with E-state index < -0.39 is 5.97 Å². The van der Waals surface area contributed by atoms with Gasteiger partial charge in [-0.2, -0.15) is 4.37 Å². The fourth-order valence-corrected chi connectivity index (χ4v) is 2.60. The highest BCUT2D eigenvalue weighted by Crippen LogP contribution is 2.26. The quantitative estimate of drug-likeness (QED) is 0.756. The molecule has 7 heteroatoms. The van der Waals surface area contributed by atoms with Crippen LogP contribution >= 0.6 is 11.5 Å². The second-order valence-corrected chi connectivity index (χ2v) is 5.25. The van der Waals surface area contributed by atoms with Crippen LogP contribution in [0.3, 0.4) is 0 Å². The van der Waals surface area contributed by atoms with Crippen LogP contribution in [0.4, 0.5) is 5.00 Å². The first-order chi connectivity index (χ1) is 8.50. The van der Waals surface area contributed by atoms with Gasteiger partial charge in [-0.15, -0.1) is 0 Å². The van der Waals surface area contributed by atoms with Gasteiger partial charge in [0.05, 0.1) is 5.69 Å². The summed E-state index contributed by atoms with van der Waals surface area (Å²) in [7, 11) is 0. The van der Waals surface area contributed by atoms with Crippen LogP contribution in [-0.2, 0) is 4.79 Å². The number of aromatic nitrogens is 1. The number of aromatic carboxylic acids is 1. The van der Waals surface area contributed by atoms with Gasteiger partial charge in [0.25, 0.3) is 0 Å². The van der Waals surface area contributed by atoms with Crippen molar-refractivity contribution >= 4 is 28.4 Å². The van der Waals surface area contributed by atoms with E-state index >= 15 is 0 Å². The molecule has 1 fully saturated rings. The molecule has 98 valence electrons. The van der Waals surface area contributed by atoms with Crippen molar-refractivity contribution in [3.05, 3.63) is 11.3 Å². The van der Waals surface area contributed by atoms with E-state index in [4.69, 9.17) is 5.11 Å². The lowest BCUT2D eigenvalue weighted by Crippen LogP contribution is -2.48. The summed E-state index contributed by atoms with van der Waals surface area (Å²) in [5, 5.41) is 15.2. The van der Waals surface area contributed by atoms with Crippen molar-refractivity contribution in [3.8, 4) is 0 Å². The Morgan fingerprint density at radius 3 is 2.72 bits per heavy atom. The van der Waals surface area contributed by atoms with Gasteiger partial charge in [0, 0.05) is 5.92 Å². The van der Waals surface area contributed by atoms with Crippen molar-refractivity contribution in [2.45, 2.75) is 13.8 Å². The SMILES string of the molecule is Cc1nsc(NC(=O)C(C)C2CNC2)c1C(=O)O. The summed E-state index contributed by atoms with van der Waals surface area (Å²) in [6.07, 6.45) is 0. The van der Waals surface area contributed by atoms with Crippen LogP contribution in [-0.4, -0.2) is 34.4 Å². The van der Waals surface area contributed by atoms with Gasteiger partial charge in [-0.25, -0.2) is 4.79 Å². The van der Waals surface area contributed by atoms with Crippen molar-refractivity contribution in [2.75, 3.05) is 18.4 Å². The highest BCUT2D eigenvalue weighted by Gasteiger charge is 2.30. The molecule has 0 saturated carbocycles. The zero-order valence-corrected chi connectivity index (χ0v) is 11.0. The lowest BCUT2D eigenvalue weighted by atomic mass is 9.88. The molecule has 0 aliphatic carbocycles. The number of rotatable bonds is 4. The van der Waals surface area contributed by atoms with E-state index in [-0.39, 0.29) is 17.4 Å². The molecule has 1 aliphatic heterocycles. The molecule has 1 unspecified atom stereocenters. The third-order valence-electron chi connectivity index (χ3n) is 3.25. The van der Waals surface area contributed by atoms with E-state index in [0.717, 1.165) is 24.6 Å². The van der Waals surface area contributed by atoms with Crippen molar-refractivity contribution < 1.29 is 14.7 Å². The number of nitrogens with one attached hydrogen (secondary N) is 2. The monoisotopic (exact) mass is 269 g/mol. The Morgan fingerprint density at radius 1 is 1.56 bits per heavy atom. The van der Waals surface area contributed by atoms with E-state index in [1.165, 1.54) is 0 Å². The highest BCUT2D eigenvalue weighted by atomic mass is 32.1. The summed E-state index contributed by atoms with van der Waals surface area (Å²) in [6, 6.07) is 0. The number of anilines is 1. The standard InChI is InChI=1S/C11H15N3O3S/c1-5(7-3-12-4-7)9(15)13-10-8(11(16)17)6(2)14-18-10/h5,7,12H,3-4H2,1-2H3,(H,13,15)(H,16,17). The predicted molar refractivity (Wildman–Crippen MR) is 68.0 cm³/mol. The second-order valence-electron chi connectivity index (χ2n) is 4.47. The number of carbonyl (C=O) groups excluding carboxylic acids is 1. The zero-order chi connectivity index (χ0) is 13.3. The topological polar surface area (TPSA) is 91.3 Å². The first kappa shape index (κ1) is 13.0. The Kier molecular flexibility index (Phi) is 3.63. The van der Waals surface area contributed by atoms with Crippen molar-refractivity contribution in [3.63, 3.8) is 0 Å². The van der Waals surface area contributed by atoms with Crippen LogP contribution in [0.1, 0.15) is 23.0 Å². The maximum absolute atomic E-state index is 12.0. The summed E-state index contributed by atoms with van der Waals surface area (Å²) in [6.45, 7) is 5.15. The summed E-state index contributed by atoms with van der Waals surface area (Å²) in [4.78, 5) is 23.0. The number of amides is 1. The predicted octanol–water partition coefficient (Wildman–Crippen LogP) is 0.944. The lowest BCUT2D eigenvalue weighted by Gasteiger charge is -2.31. The average Bonchev–Trinajstić information content (AvgIpc) is 2.56. The van der Waals surface area contributed by atoms with Crippen LogP contribution in [0.5, 0.6) is 0 Å². The van der Waals surface area contributed by atoms with E-state index in [9.17, 15) is 9.59 Å². The Hall–Kier alpha value is -1.47. The van der Waals surface area contributed by atoms with Crippen LogP contribution < -0.4 is 10.6 Å². The average molecular weight is 269 g/mol. The summed E-state index contributed by atoms with van der Waals surface area (Å²) in [5.74, 6) is -1.01. The van der Waals surface area contributed by atoms with E-state index in [1.807, 2.05) is 6.92 Å². The molecule has 1 amide bonds. The molecular weight excluding hydrogens is 254 g/mol. The van der Waals surface area contributed by atoms with Gasteiger partial charge < -0.3 is 15.7 Å². The van der Waals surface area contributed by atoms with Gasteiger partial charge in [-0.05, 0) is 37.5 Å². The van der Waals surface area contributed by atoms with Crippen LogP contribution in [0, 0.1) is 18.8 Å². The van der Waals surface area contributed by atoms with Crippen LogP contribution in [0.15, 0.2) is 0 Å². The minimum absolute atomic E-state index is 0.0901. The Morgan fingerprint density at radius 2 is 2.22 bits per heavy atom. The molecule has 0 aromatic carbocycles. The maximum Gasteiger partial charge on any atom is 0.340 e. The summed E-state index contributed by atoms with van der Waals surface area (Å²) < 4.78 is 3.96. The smallest absolute Gasteiger partial charge is 0.340 e. The third kappa shape index (κ3) is 2.37. The molecule has 0 bridgehead atoms. The van der Waals surface area contributed by atoms with Crippen molar-refractivity contribution in [2.24, 2.45) is 11.8 Å². The van der Waals surface area contributed by atoms with Gasteiger partial charge in [-0.1, -0.05) is 6.92 Å². The van der Waals surface area contributed by atoms with Gasteiger partial charge in [0.1, 0.15) is 10.6 Å². The van der Waals surface area contributed by atoms with E-state index in [1.54, 1.807) is 6.92 Å². The van der Waals surface area contributed by atoms with Crippen molar-refractivity contribution in [1.82, 2.24) is 9.69 Å². The van der Waals surface area contributed by atoms with Crippen LogP contribution in [0.2, 0.25) is 0 Å². The normalized spacial score (nSPS) is 17.0. The number of carbonyl (C=O) groups is 2. The van der Waals surface area contributed by atoms with Gasteiger partial charge >= 0.3 is 5.97 Å². The number of carboxylic acids is 1. The number of hydrogen-bond acceptors (Lipinski definition) is 5. The molecule has 0 spiro atoms. The highest BCUT2D eigenvalue weighted by molar-refractivity contribution is 7.11. The molecule has 2 heterocycles. The second kappa shape index (κ2) is 5.03. The minimum atomic E-state index is -1.06. The summed E-state index contributed by atoms with van der Waals surface area (Å²) in [5.41, 5.74) is 0.521. The molecule has 1 aliphatic rings. The number of carboxylic acid groups (broad SMARTS) is 1. The first-order valence-corrected chi connectivity index (χ1v) is 6.49. The van der Waals surface area contributed by atoms with E-state index in [0.29, 0.717) is 16.6 Å². The Balaban J connectivity index is 2.09. The molecule has 2 rings (SSSR count). The van der Waals surface area contributed by atoms with Gasteiger partial charge in [0.15, 0.2) is 0 Å². The van der Waals surface area contributed by atoms with Crippen LogP contribution in [0.25, 0.3) is 0 Å². The third-order valence-corrected chi connectivity index (χ3v) is 4.10. The first-order valence-electron chi connectivity index (χ1n) is 5.72. The van der Waals surface area contributed by atoms with Crippen molar-refractivity contribution in [1.29, 1.82) is 0 Å². The zero-order valence-electron chi connectivity index (χ0n) is 10.2. The van der Waals surface area contributed by atoms with Gasteiger partial charge in [-0.3, -0.25) is 4.79 Å². The number of aryl methyl sites for hydroxylation is 1. The number of hydrogen-bond donors (Lipinski definition) is 3. The molecule has 1 aromatic heterocycles. The molecule has 1 saturated heterocycles. The Bertz CT molecular complexity index is 482. The number of nitrogens with zero attached hydrogens (tertiary/aromatic N) is 1. The molecular formula is C11H15N3O3S. The summed E-state index contributed by atoms with van der Waals surface area (Å²) >= 11 is 1.01. The van der Waals surface area contributed by atoms with Gasteiger partial charge in [0.2, 0.25) is 5.91 Å². The minimum Gasteiger partial charge on any atom is -0.478 e. The molecule has 6 nitrogen and oxygen atoms in total. The molecule has 0 radical (unpaired) electrons. The van der Waals surface area contributed by atoms with E-state index in [2.05, 4.69) is 15.0 Å². The molecule has 1 atom stereocenters. The fraction of sp³-hybridized carbons (Fsp3) is 0.545. The Labute approximate surface area is 109 Å². The molecule has 18 heavy (non-hydrogen) atoms. The fourth-order valence-electron chi connectivity index (χ4n) is 1.81. The maximum atomic E-state index is 12.0. The largest absolute Gasteiger partial charge is 0.478 e. The molecule has 1 aromatic rings. The lowest BCUT2D eigenvalue weighted by molar-refractivity contribution is -0.121. The molecule has 3 N–H and O–H groups in total.